The molecule has 6 heteroatoms. The van der Waals surface area contributed by atoms with Crippen molar-refractivity contribution in [2.45, 2.75) is 26.1 Å². The SMILES string of the molecule is CCOCCCOc1ccc(CO)cc1C(F)(F)F. The van der Waals surface area contributed by atoms with Crippen LogP contribution in [0.15, 0.2) is 18.2 Å². The monoisotopic (exact) mass is 278 g/mol. The summed E-state index contributed by atoms with van der Waals surface area (Å²) in [4.78, 5) is 0. The molecule has 0 amide bonds. The molecular formula is C13H17F3O3. The molecule has 0 radical (unpaired) electrons. The summed E-state index contributed by atoms with van der Waals surface area (Å²) in [5, 5.41) is 8.87. The van der Waals surface area contributed by atoms with Crippen LogP contribution >= 0.6 is 0 Å². The zero-order valence-corrected chi connectivity index (χ0v) is 10.7. The van der Waals surface area contributed by atoms with Gasteiger partial charge in [-0.05, 0) is 24.6 Å². The van der Waals surface area contributed by atoms with E-state index in [4.69, 9.17) is 14.6 Å². The van der Waals surface area contributed by atoms with E-state index in [0.29, 0.717) is 19.6 Å². The normalized spacial score (nSPS) is 11.6. The Morgan fingerprint density at radius 1 is 1.21 bits per heavy atom. The molecule has 3 nitrogen and oxygen atoms in total. The van der Waals surface area contributed by atoms with Crippen molar-refractivity contribution >= 4 is 0 Å². The van der Waals surface area contributed by atoms with E-state index in [0.717, 1.165) is 6.07 Å². The number of rotatable bonds is 7. The van der Waals surface area contributed by atoms with E-state index in [1.807, 2.05) is 6.92 Å². The van der Waals surface area contributed by atoms with Crippen LogP contribution in [0.3, 0.4) is 0 Å². The second-order valence-electron chi connectivity index (χ2n) is 3.89. The number of halogens is 3. The van der Waals surface area contributed by atoms with Crippen molar-refractivity contribution in [3.8, 4) is 5.75 Å². The van der Waals surface area contributed by atoms with E-state index in [-0.39, 0.29) is 17.9 Å². The van der Waals surface area contributed by atoms with Crippen molar-refractivity contribution in [2.24, 2.45) is 0 Å². The lowest BCUT2D eigenvalue weighted by molar-refractivity contribution is -0.139. The summed E-state index contributed by atoms with van der Waals surface area (Å²) < 4.78 is 48.6. The van der Waals surface area contributed by atoms with Gasteiger partial charge in [0.15, 0.2) is 0 Å². The lowest BCUT2D eigenvalue weighted by Gasteiger charge is -2.15. The topological polar surface area (TPSA) is 38.7 Å². The summed E-state index contributed by atoms with van der Waals surface area (Å²) in [7, 11) is 0. The minimum Gasteiger partial charge on any atom is -0.493 e. The summed E-state index contributed by atoms with van der Waals surface area (Å²) in [6.45, 7) is 2.58. The van der Waals surface area contributed by atoms with Crippen molar-refractivity contribution < 1.29 is 27.8 Å². The van der Waals surface area contributed by atoms with E-state index in [1.54, 1.807) is 0 Å². The predicted molar refractivity (Wildman–Crippen MR) is 64.0 cm³/mol. The Morgan fingerprint density at radius 3 is 2.53 bits per heavy atom. The smallest absolute Gasteiger partial charge is 0.419 e. The van der Waals surface area contributed by atoms with Crippen LogP contribution in [0.5, 0.6) is 5.75 Å². The quantitative estimate of drug-likeness (QED) is 0.779. The molecule has 0 aromatic heterocycles. The Labute approximate surface area is 110 Å². The van der Waals surface area contributed by atoms with E-state index in [1.165, 1.54) is 12.1 Å². The molecule has 0 spiro atoms. The van der Waals surface area contributed by atoms with E-state index in [2.05, 4.69) is 0 Å². The first-order valence-corrected chi connectivity index (χ1v) is 6.00. The summed E-state index contributed by atoms with van der Waals surface area (Å²) in [5.41, 5.74) is -0.663. The predicted octanol–water partition coefficient (Wildman–Crippen LogP) is 3.00. The second-order valence-corrected chi connectivity index (χ2v) is 3.89. The van der Waals surface area contributed by atoms with E-state index >= 15 is 0 Å². The van der Waals surface area contributed by atoms with Gasteiger partial charge in [-0.2, -0.15) is 13.2 Å². The number of aliphatic hydroxyl groups is 1. The van der Waals surface area contributed by atoms with Crippen LogP contribution in [0.2, 0.25) is 0 Å². The van der Waals surface area contributed by atoms with Gasteiger partial charge in [-0.15, -0.1) is 0 Å². The summed E-state index contributed by atoms with van der Waals surface area (Å²) in [6, 6.07) is 3.54. The molecule has 1 N–H and O–H groups in total. The minimum atomic E-state index is -4.50. The molecule has 0 aliphatic rings. The van der Waals surface area contributed by atoms with Gasteiger partial charge in [0.25, 0.3) is 0 Å². The van der Waals surface area contributed by atoms with Crippen molar-refractivity contribution in [1.82, 2.24) is 0 Å². The molecule has 0 saturated carbocycles. The van der Waals surface area contributed by atoms with Gasteiger partial charge < -0.3 is 14.6 Å². The highest BCUT2D eigenvalue weighted by Gasteiger charge is 2.34. The molecule has 0 atom stereocenters. The van der Waals surface area contributed by atoms with E-state index < -0.39 is 18.3 Å². The fourth-order valence-corrected chi connectivity index (χ4v) is 1.51. The molecule has 0 saturated heterocycles. The number of ether oxygens (including phenoxy) is 2. The summed E-state index contributed by atoms with van der Waals surface area (Å²) in [5.74, 6) is -0.221. The Balaban J connectivity index is 2.71. The summed E-state index contributed by atoms with van der Waals surface area (Å²) in [6.07, 6.45) is -3.98. The van der Waals surface area contributed by atoms with Crippen LogP contribution in [0, 0.1) is 0 Å². The lowest BCUT2D eigenvalue weighted by atomic mass is 10.1. The van der Waals surface area contributed by atoms with Gasteiger partial charge in [0, 0.05) is 19.6 Å². The zero-order chi connectivity index (χ0) is 14.3. The van der Waals surface area contributed by atoms with Gasteiger partial charge >= 0.3 is 6.18 Å². The third-order valence-electron chi connectivity index (χ3n) is 2.43. The van der Waals surface area contributed by atoms with Crippen molar-refractivity contribution in [3.63, 3.8) is 0 Å². The minimum absolute atomic E-state index is 0.154. The van der Waals surface area contributed by atoms with Gasteiger partial charge in [-0.3, -0.25) is 0 Å². The van der Waals surface area contributed by atoms with Gasteiger partial charge in [0.1, 0.15) is 5.75 Å². The molecule has 0 aliphatic carbocycles. The highest BCUT2D eigenvalue weighted by atomic mass is 19.4. The first-order chi connectivity index (χ1) is 8.99. The Hall–Kier alpha value is -1.27. The van der Waals surface area contributed by atoms with Gasteiger partial charge in [-0.25, -0.2) is 0 Å². The molecule has 1 aromatic carbocycles. The third kappa shape index (κ3) is 5.08. The van der Waals surface area contributed by atoms with Gasteiger partial charge in [0.2, 0.25) is 0 Å². The van der Waals surface area contributed by atoms with Crippen LogP contribution in [0.4, 0.5) is 13.2 Å². The van der Waals surface area contributed by atoms with Crippen molar-refractivity contribution in [3.05, 3.63) is 29.3 Å². The third-order valence-corrected chi connectivity index (χ3v) is 2.43. The number of benzene rings is 1. The maximum Gasteiger partial charge on any atom is 0.419 e. The molecule has 0 bridgehead atoms. The standard InChI is InChI=1S/C13H17F3O3/c1-2-18-6-3-7-19-12-5-4-10(9-17)8-11(12)13(14,15)16/h4-5,8,17H,2-3,6-7,9H2,1H3. The van der Waals surface area contributed by atoms with Crippen LogP contribution in [-0.4, -0.2) is 24.9 Å². The Kier molecular flexibility index (Phi) is 6.11. The highest BCUT2D eigenvalue weighted by molar-refractivity contribution is 5.39. The molecule has 108 valence electrons. The molecule has 1 rings (SSSR count). The first-order valence-electron chi connectivity index (χ1n) is 6.00. The van der Waals surface area contributed by atoms with Gasteiger partial charge in [0.05, 0.1) is 18.8 Å². The molecular weight excluding hydrogens is 261 g/mol. The average molecular weight is 278 g/mol. The second kappa shape index (κ2) is 7.35. The zero-order valence-electron chi connectivity index (χ0n) is 10.7. The first kappa shape index (κ1) is 15.8. The largest absolute Gasteiger partial charge is 0.493 e. The molecule has 0 aliphatic heterocycles. The highest BCUT2D eigenvalue weighted by Crippen LogP contribution is 2.36. The van der Waals surface area contributed by atoms with Crippen molar-refractivity contribution in [2.75, 3.05) is 19.8 Å². The maximum absolute atomic E-state index is 12.8. The number of hydrogen-bond acceptors (Lipinski definition) is 3. The Morgan fingerprint density at radius 2 is 1.95 bits per heavy atom. The number of alkyl halides is 3. The molecule has 0 heterocycles. The maximum atomic E-state index is 12.8. The van der Waals surface area contributed by atoms with E-state index in [9.17, 15) is 13.2 Å². The average Bonchev–Trinajstić information content (AvgIpc) is 2.37. The van der Waals surface area contributed by atoms with Crippen LogP contribution < -0.4 is 4.74 Å². The van der Waals surface area contributed by atoms with Crippen LogP contribution in [0.25, 0.3) is 0 Å². The molecule has 19 heavy (non-hydrogen) atoms. The molecule has 0 fully saturated rings. The van der Waals surface area contributed by atoms with Crippen LogP contribution in [-0.2, 0) is 17.5 Å². The number of hydrogen-bond donors (Lipinski definition) is 1. The fourth-order valence-electron chi connectivity index (χ4n) is 1.51. The number of aliphatic hydroxyl groups excluding tert-OH is 1. The lowest BCUT2D eigenvalue weighted by Crippen LogP contribution is -2.11. The van der Waals surface area contributed by atoms with Gasteiger partial charge in [-0.1, -0.05) is 6.07 Å². The molecule has 0 unspecified atom stereocenters. The molecule has 1 aromatic rings. The Bertz CT molecular complexity index is 391. The fraction of sp³-hybridized carbons (Fsp3) is 0.538. The van der Waals surface area contributed by atoms with Crippen LogP contribution in [0.1, 0.15) is 24.5 Å². The van der Waals surface area contributed by atoms with Crippen molar-refractivity contribution in [1.29, 1.82) is 0 Å². The summed E-state index contributed by atoms with van der Waals surface area (Å²) >= 11 is 0.